The number of esters is 1. The number of aromatic amines is 1. The summed E-state index contributed by atoms with van der Waals surface area (Å²) in [7, 11) is 3.27. The van der Waals surface area contributed by atoms with Gasteiger partial charge in [0.15, 0.2) is 18.1 Å². The Morgan fingerprint density at radius 2 is 1.93 bits per heavy atom. The second-order valence-electron chi connectivity index (χ2n) is 11.2. The zero-order valence-corrected chi connectivity index (χ0v) is 25.0. The fourth-order valence-corrected chi connectivity index (χ4v) is 5.06. The number of imidazole rings is 1. The van der Waals surface area contributed by atoms with E-state index in [1.165, 1.54) is 13.4 Å². The molecule has 3 atom stereocenters. The number of rotatable bonds is 13. The molecule has 0 unspecified atom stereocenters. The van der Waals surface area contributed by atoms with E-state index in [1.54, 1.807) is 36.7 Å². The van der Waals surface area contributed by atoms with Crippen molar-refractivity contribution in [1.82, 2.24) is 30.5 Å². The van der Waals surface area contributed by atoms with Crippen LogP contribution in [0.15, 0.2) is 30.6 Å². The highest BCUT2D eigenvalue weighted by Crippen LogP contribution is 2.26. The van der Waals surface area contributed by atoms with E-state index in [0.29, 0.717) is 36.3 Å². The van der Waals surface area contributed by atoms with Gasteiger partial charge in [-0.1, -0.05) is 19.9 Å². The number of amides is 3. The molecule has 0 radical (unpaired) electrons. The largest absolute Gasteiger partial charge is 0.496 e. The summed E-state index contributed by atoms with van der Waals surface area (Å²) in [6, 6.07) is 4.94. The van der Waals surface area contributed by atoms with Gasteiger partial charge in [-0.15, -0.1) is 0 Å². The molecule has 0 saturated carbocycles. The Hall–Kier alpha value is -4.68. The molecule has 3 aromatic rings. The van der Waals surface area contributed by atoms with Crippen LogP contribution in [0.3, 0.4) is 0 Å². The van der Waals surface area contributed by atoms with Crippen molar-refractivity contribution in [3.05, 3.63) is 47.7 Å². The Kier molecular flexibility index (Phi) is 9.84. The van der Waals surface area contributed by atoms with Gasteiger partial charge >= 0.3 is 5.97 Å². The number of benzene rings is 1. The monoisotopic (exact) mass is 594 g/mol. The van der Waals surface area contributed by atoms with Gasteiger partial charge in [0.1, 0.15) is 17.5 Å². The lowest BCUT2D eigenvalue weighted by molar-refractivity contribution is -0.131. The van der Waals surface area contributed by atoms with Crippen LogP contribution < -0.4 is 20.7 Å². The Morgan fingerprint density at radius 3 is 2.56 bits per heavy atom. The fourth-order valence-electron chi connectivity index (χ4n) is 5.06. The van der Waals surface area contributed by atoms with Gasteiger partial charge in [0.05, 0.1) is 19.5 Å². The first-order chi connectivity index (χ1) is 20.5. The van der Waals surface area contributed by atoms with Gasteiger partial charge in [0, 0.05) is 36.1 Å². The first kappa shape index (κ1) is 31.3. The number of aryl methyl sites for hydroxylation is 1. The fraction of sp³-hybridized carbons (Fsp3) is 0.467. The topological polar surface area (TPSA) is 174 Å². The molecule has 13 heteroatoms. The molecule has 4 N–H and O–H groups in total. The van der Waals surface area contributed by atoms with Crippen molar-refractivity contribution in [3.8, 4) is 5.75 Å². The van der Waals surface area contributed by atoms with Crippen LogP contribution in [0, 0.1) is 18.8 Å². The van der Waals surface area contributed by atoms with E-state index < -0.39 is 48.2 Å². The number of ether oxygens (including phenoxy) is 2. The molecule has 1 saturated heterocycles. The molecule has 3 heterocycles. The van der Waals surface area contributed by atoms with Gasteiger partial charge in [0.25, 0.3) is 5.91 Å². The summed E-state index contributed by atoms with van der Waals surface area (Å²) in [5.74, 6) is -2.52. The number of hydrogen-bond donors (Lipinski definition) is 4. The summed E-state index contributed by atoms with van der Waals surface area (Å²) in [5.41, 5.74) is 1.60. The van der Waals surface area contributed by atoms with E-state index >= 15 is 0 Å². The molecule has 43 heavy (non-hydrogen) atoms. The predicted octanol–water partition coefficient (Wildman–Crippen LogP) is 1.80. The summed E-state index contributed by atoms with van der Waals surface area (Å²) in [4.78, 5) is 72.0. The number of H-pyrrole nitrogens is 1. The molecule has 3 amide bonds. The van der Waals surface area contributed by atoms with Gasteiger partial charge in [-0.2, -0.15) is 0 Å². The number of fused-ring (bicyclic) bond motifs is 1. The van der Waals surface area contributed by atoms with Crippen molar-refractivity contribution in [2.45, 2.75) is 52.1 Å². The number of nitrogens with one attached hydrogen (secondary N) is 4. The minimum absolute atomic E-state index is 0.0242. The van der Waals surface area contributed by atoms with Gasteiger partial charge in [-0.25, -0.2) is 9.78 Å². The smallest absolute Gasteiger partial charge is 0.359 e. The molecule has 2 aromatic heterocycles. The zero-order chi connectivity index (χ0) is 31.3. The molecule has 0 aliphatic carbocycles. The maximum atomic E-state index is 13.6. The van der Waals surface area contributed by atoms with Crippen molar-refractivity contribution in [2.24, 2.45) is 18.9 Å². The van der Waals surface area contributed by atoms with E-state index in [2.05, 4.69) is 25.9 Å². The SMILES string of the molecule is COc1cccc2[nH]c(C(=O)N[C@@H](CC(C)C)C(=O)N[C@@H](C[C@@H]3CCNC3=O)C(=O)COC(=O)c3ncn(C)c3C)cc12. The molecule has 4 rings (SSSR count). The van der Waals surface area contributed by atoms with Crippen LogP contribution in [0.5, 0.6) is 5.75 Å². The van der Waals surface area contributed by atoms with E-state index in [-0.39, 0.29) is 29.6 Å². The number of nitrogens with zero attached hydrogens (tertiary/aromatic N) is 2. The first-order valence-corrected chi connectivity index (χ1v) is 14.2. The van der Waals surface area contributed by atoms with E-state index in [0.717, 1.165) is 5.39 Å². The van der Waals surface area contributed by atoms with Crippen molar-refractivity contribution < 1.29 is 33.4 Å². The van der Waals surface area contributed by atoms with Crippen molar-refractivity contribution in [2.75, 3.05) is 20.3 Å². The van der Waals surface area contributed by atoms with Crippen LogP contribution >= 0.6 is 0 Å². The summed E-state index contributed by atoms with van der Waals surface area (Å²) < 4.78 is 12.3. The first-order valence-electron chi connectivity index (χ1n) is 14.2. The highest BCUT2D eigenvalue weighted by Gasteiger charge is 2.34. The normalized spacial score (nSPS) is 16.0. The van der Waals surface area contributed by atoms with Crippen LogP contribution in [-0.4, -0.2) is 76.4 Å². The lowest BCUT2D eigenvalue weighted by atomic mass is 9.95. The predicted molar refractivity (Wildman–Crippen MR) is 156 cm³/mol. The molecule has 1 aliphatic rings. The molecule has 13 nitrogen and oxygen atoms in total. The number of ketones is 1. The Labute approximate surface area is 249 Å². The van der Waals surface area contributed by atoms with Crippen LogP contribution in [0.4, 0.5) is 0 Å². The molecule has 0 bridgehead atoms. The van der Waals surface area contributed by atoms with Gasteiger partial charge in [-0.05, 0) is 50.3 Å². The molecular formula is C30H38N6O7. The zero-order valence-electron chi connectivity index (χ0n) is 25.0. The third-order valence-corrected chi connectivity index (χ3v) is 7.58. The molecule has 0 spiro atoms. The summed E-state index contributed by atoms with van der Waals surface area (Å²) >= 11 is 0. The van der Waals surface area contributed by atoms with E-state index in [4.69, 9.17) is 9.47 Å². The third-order valence-electron chi connectivity index (χ3n) is 7.58. The molecule has 1 aromatic carbocycles. The third kappa shape index (κ3) is 7.40. The molecular weight excluding hydrogens is 556 g/mol. The molecule has 1 fully saturated rings. The van der Waals surface area contributed by atoms with Crippen molar-refractivity contribution in [3.63, 3.8) is 0 Å². The van der Waals surface area contributed by atoms with Crippen LogP contribution in [-0.2, 0) is 26.2 Å². The van der Waals surface area contributed by atoms with Crippen LogP contribution in [0.1, 0.15) is 59.8 Å². The quantitative estimate of drug-likeness (QED) is 0.217. The Morgan fingerprint density at radius 1 is 1.16 bits per heavy atom. The second-order valence-corrected chi connectivity index (χ2v) is 11.2. The minimum atomic E-state index is -1.12. The maximum absolute atomic E-state index is 13.6. The van der Waals surface area contributed by atoms with Crippen molar-refractivity contribution >= 4 is 40.4 Å². The molecule has 230 valence electrons. The average molecular weight is 595 g/mol. The van der Waals surface area contributed by atoms with Crippen molar-refractivity contribution in [1.29, 1.82) is 0 Å². The summed E-state index contributed by atoms with van der Waals surface area (Å²) in [6.07, 6.45) is 2.28. The number of carbonyl (C=O) groups is 5. The lowest BCUT2D eigenvalue weighted by Crippen LogP contribution is -2.53. The second kappa shape index (κ2) is 13.5. The number of methoxy groups -OCH3 is 1. The van der Waals surface area contributed by atoms with E-state index in [1.807, 2.05) is 19.9 Å². The Bertz CT molecular complexity index is 1520. The minimum Gasteiger partial charge on any atom is -0.496 e. The standard InChI is InChI=1S/C30H38N6O7/c1-16(2)11-22(35-29(40)23-13-19-20(33-23)7-6-8-25(19)42-5)28(39)34-21(12-18-9-10-31-27(18)38)24(37)14-43-30(41)26-17(3)36(4)15-32-26/h6-8,13,15-16,18,21-22,33H,9-12,14H2,1-5H3,(H,31,38)(H,34,39)(H,35,40)/t18-,21-,22-/m0/s1. The van der Waals surface area contributed by atoms with Gasteiger partial charge in [0.2, 0.25) is 11.8 Å². The van der Waals surface area contributed by atoms with E-state index in [9.17, 15) is 24.0 Å². The number of aromatic nitrogens is 3. The Balaban J connectivity index is 1.49. The van der Waals surface area contributed by atoms with Gasteiger partial charge < -0.3 is 35.0 Å². The number of Topliss-reactive ketones (excluding diaryl/α,β-unsaturated/α-hetero) is 1. The molecule has 1 aliphatic heterocycles. The lowest BCUT2D eigenvalue weighted by Gasteiger charge is -2.25. The highest BCUT2D eigenvalue weighted by molar-refractivity contribution is 6.02. The average Bonchev–Trinajstić information content (AvgIpc) is 3.68. The highest BCUT2D eigenvalue weighted by atomic mass is 16.5. The maximum Gasteiger partial charge on any atom is 0.359 e. The number of carbonyl (C=O) groups excluding carboxylic acids is 5. The number of hydrogen-bond acceptors (Lipinski definition) is 8. The van der Waals surface area contributed by atoms with Gasteiger partial charge in [-0.3, -0.25) is 19.2 Å². The van der Waals surface area contributed by atoms with Crippen LogP contribution in [0.2, 0.25) is 0 Å². The van der Waals surface area contributed by atoms with Crippen LogP contribution in [0.25, 0.3) is 10.9 Å². The summed E-state index contributed by atoms with van der Waals surface area (Å²) in [6.45, 7) is 5.36. The summed E-state index contributed by atoms with van der Waals surface area (Å²) in [5, 5.41) is 8.96.